The van der Waals surface area contributed by atoms with E-state index in [4.69, 9.17) is 39.9 Å². The van der Waals surface area contributed by atoms with Gasteiger partial charge in [0, 0.05) is 129 Å². The average molecular weight is 1610 g/mol. The molecule has 0 aliphatic rings. The highest BCUT2D eigenvalue weighted by Gasteiger charge is 2.22. The third-order valence-corrected chi connectivity index (χ3v) is 24.1. The minimum absolute atomic E-state index is 0.615. The van der Waals surface area contributed by atoms with E-state index in [1.807, 2.05) is 36.4 Å². The van der Waals surface area contributed by atoms with Gasteiger partial charge in [-0.05, 0) is 162 Å². The Morgan fingerprint density at radius 3 is 0.889 bits per heavy atom. The van der Waals surface area contributed by atoms with Gasteiger partial charge in [-0.25, -0.2) is 39.9 Å². The minimum atomic E-state index is 0.615. The zero-order valence-corrected chi connectivity index (χ0v) is 68.0. The predicted molar refractivity (Wildman–Crippen MR) is 522 cm³/mol. The summed E-state index contributed by atoms with van der Waals surface area (Å²) in [6, 6.07) is 144. The molecule has 0 saturated heterocycles. The van der Waals surface area contributed by atoms with Crippen molar-refractivity contribution >= 4 is 130 Å². The van der Waals surface area contributed by atoms with E-state index in [1.165, 1.54) is 75.4 Å². The third-order valence-electron chi connectivity index (χ3n) is 24.1. The molecule has 0 amide bonds. The van der Waals surface area contributed by atoms with Gasteiger partial charge in [0.15, 0.2) is 17.5 Å². The lowest BCUT2D eigenvalue weighted by Crippen LogP contribution is -2.00. The molecule has 10 heteroatoms. The van der Waals surface area contributed by atoms with Crippen LogP contribution in [-0.4, -0.2) is 49.8 Å². The van der Waals surface area contributed by atoms with Crippen LogP contribution in [0, 0.1) is 0 Å². The zero-order valence-electron chi connectivity index (χ0n) is 68.0. The first-order valence-electron chi connectivity index (χ1n) is 42.3. The highest BCUT2D eigenvalue weighted by molar-refractivity contribution is 6.25. The molecular formula is C116H72N10. The first-order valence-corrected chi connectivity index (χ1v) is 42.3. The molecular weight excluding hydrogens is 1530 g/mol. The van der Waals surface area contributed by atoms with Gasteiger partial charge in [0.25, 0.3) is 0 Å². The predicted octanol–water partition coefficient (Wildman–Crippen LogP) is 29.5. The van der Waals surface area contributed by atoms with Crippen molar-refractivity contribution in [3.63, 3.8) is 0 Å². The lowest BCUT2D eigenvalue weighted by atomic mass is 9.93. The largest absolute Gasteiger partial charge is 0.265 e. The van der Waals surface area contributed by atoms with Crippen molar-refractivity contribution in [2.24, 2.45) is 0 Å². The van der Waals surface area contributed by atoms with Crippen LogP contribution in [-0.2, 0) is 0 Å². The lowest BCUT2D eigenvalue weighted by molar-refractivity contribution is 1.08. The average Bonchev–Trinajstić information content (AvgIpc) is 0.745. The number of pyridine rings is 7. The van der Waals surface area contributed by atoms with Gasteiger partial charge >= 0.3 is 0 Å². The van der Waals surface area contributed by atoms with Crippen molar-refractivity contribution in [3.05, 3.63) is 437 Å². The summed E-state index contributed by atoms with van der Waals surface area (Å²) in [5.41, 5.74) is 20.9. The molecule has 8 aromatic heterocycles. The summed E-state index contributed by atoms with van der Waals surface area (Å²) in [6.45, 7) is 0. The van der Waals surface area contributed by atoms with Crippen molar-refractivity contribution in [3.8, 4) is 113 Å². The molecule has 17 aromatic carbocycles. The molecule has 0 fully saturated rings. The Kier molecular flexibility index (Phi) is 18.7. The third kappa shape index (κ3) is 13.9. The van der Waals surface area contributed by atoms with E-state index in [1.54, 1.807) is 24.8 Å². The molecule has 0 bridgehead atoms. The monoisotopic (exact) mass is 1600 g/mol. The summed E-state index contributed by atoms with van der Waals surface area (Å²) in [5, 5.41) is 23.8. The molecule has 0 radical (unpaired) electrons. The molecule has 0 N–H and O–H groups in total. The second kappa shape index (κ2) is 31.8. The van der Waals surface area contributed by atoms with Gasteiger partial charge in [-0.2, -0.15) is 0 Å². The number of hydrogen-bond donors (Lipinski definition) is 0. The van der Waals surface area contributed by atoms with Crippen LogP contribution in [0.2, 0.25) is 0 Å². The van der Waals surface area contributed by atoms with E-state index in [9.17, 15) is 0 Å². The van der Waals surface area contributed by atoms with E-state index < -0.39 is 0 Å². The molecule has 126 heavy (non-hydrogen) atoms. The molecule has 0 atom stereocenters. The minimum Gasteiger partial charge on any atom is -0.265 e. The SMILES string of the molecule is c1cc(-c2cc(-c3ccncc3)nc(-c3ccncc3)c2)cc(-c2nc3ccccc3c3c2ccc2ccccc23)c1.c1cc(-c2ccc3ccccc3n2)cc(-c2nc3ccccc3c3c2ccc2ccccc23)c1.c1cc(-c2nc(-c3ccc4ccccc4c3)nc(-c3ccc4ccccc4c3)n2)cc(-c2nc3ccccc3c3c2ccc2ccccc23)c1. The Labute approximate surface area is 725 Å². The second-order valence-corrected chi connectivity index (χ2v) is 31.7. The van der Waals surface area contributed by atoms with Crippen molar-refractivity contribution in [1.82, 2.24) is 49.8 Å². The van der Waals surface area contributed by atoms with Gasteiger partial charge in [0.05, 0.1) is 56.2 Å². The van der Waals surface area contributed by atoms with Crippen molar-refractivity contribution in [2.75, 3.05) is 0 Å². The molecule has 586 valence electrons. The Bertz CT molecular complexity index is 8430. The summed E-state index contributed by atoms with van der Waals surface area (Å²) in [5.74, 6) is 1.88. The Balaban J connectivity index is 0.000000111. The topological polar surface area (TPSA) is 129 Å². The van der Waals surface area contributed by atoms with E-state index in [0.717, 1.165) is 150 Å². The number of para-hydroxylation sites is 4. The first kappa shape index (κ1) is 74.0. The van der Waals surface area contributed by atoms with Crippen LogP contribution in [0.1, 0.15) is 0 Å². The molecule has 0 spiro atoms. The maximum atomic E-state index is 5.25. The number of benzene rings is 17. The van der Waals surface area contributed by atoms with E-state index in [-0.39, 0.29) is 0 Å². The van der Waals surface area contributed by atoms with Gasteiger partial charge in [-0.15, -0.1) is 0 Å². The standard InChI is InChI=1S/C46H28N4.C38H24N4.C32H20N2/c1-3-13-32-26-36(22-20-29(32)10-1)45-48-44(49-46(50-45)37-23-21-30-11-2-4-14-33(30)27-37)35-16-9-15-34(28-35)43-40-25-24-31-12-5-6-17-38(31)42(40)39-18-7-8-19-41(39)47-43;1-2-9-31-25(6-1)12-13-33-37(31)32-10-3-4-11-34(32)42-38(33)29-8-5-7-28(22-29)30-23-35(26-14-18-39-19-15-26)41-36(24-30)27-16-20-40-21-17-27;1-3-12-25-21(8-1)16-18-27-31(25)26-13-4-6-15-30(26)34-32(27)24-11-7-10-23(20-24)29-19-17-22-9-2-5-14-28(22)33-29/h1-28H;1-24H;1-20H. The van der Waals surface area contributed by atoms with Crippen LogP contribution >= 0.6 is 0 Å². The first-order chi connectivity index (χ1) is 62.4. The number of aromatic nitrogens is 10. The van der Waals surface area contributed by atoms with Crippen LogP contribution in [0.3, 0.4) is 0 Å². The van der Waals surface area contributed by atoms with Crippen LogP contribution in [0.5, 0.6) is 0 Å². The highest BCUT2D eigenvalue weighted by atomic mass is 15.0. The fourth-order valence-corrected chi connectivity index (χ4v) is 18.0. The second-order valence-electron chi connectivity index (χ2n) is 31.7. The van der Waals surface area contributed by atoms with Crippen molar-refractivity contribution in [2.45, 2.75) is 0 Å². The quantitative estimate of drug-likeness (QED) is 0.122. The van der Waals surface area contributed by atoms with Crippen LogP contribution in [0.4, 0.5) is 0 Å². The number of fused-ring (bicyclic) bond motifs is 18. The van der Waals surface area contributed by atoms with E-state index >= 15 is 0 Å². The lowest BCUT2D eigenvalue weighted by Gasteiger charge is -2.14. The van der Waals surface area contributed by atoms with Gasteiger partial charge in [0.2, 0.25) is 0 Å². The van der Waals surface area contributed by atoms with Gasteiger partial charge in [-0.3, -0.25) is 9.97 Å². The summed E-state index contributed by atoms with van der Waals surface area (Å²) in [7, 11) is 0. The molecule has 25 aromatic rings. The smallest absolute Gasteiger partial charge is 0.164 e. The maximum Gasteiger partial charge on any atom is 0.164 e. The van der Waals surface area contributed by atoms with Gasteiger partial charge < -0.3 is 0 Å². The van der Waals surface area contributed by atoms with Crippen LogP contribution in [0.15, 0.2) is 437 Å². The fraction of sp³-hybridized carbons (Fsp3) is 0. The molecule has 0 saturated carbocycles. The highest BCUT2D eigenvalue weighted by Crippen LogP contribution is 2.44. The van der Waals surface area contributed by atoms with Crippen molar-refractivity contribution in [1.29, 1.82) is 0 Å². The molecule has 25 rings (SSSR count). The summed E-state index contributed by atoms with van der Waals surface area (Å²) < 4.78 is 0. The molecule has 0 aliphatic carbocycles. The molecule has 10 nitrogen and oxygen atoms in total. The van der Waals surface area contributed by atoms with Gasteiger partial charge in [-0.1, -0.05) is 315 Å². The Morgan fingerprint density at radius 1 is 0.135 bits per heavy atom. The van der Waals surface area contributed by atoms with Gasteiger partial charge in [0.1, 0.15) is 0 Å². The normalized spacial score (nSPS) is 11.5. The zero-order chi connectivity index (χ0) is 83.4. The number of nitrogens with zero attached hydrogens (tertiary/aromatic N) is 10. The number of hydrogen-bond acceptors (Lipinski definition) is 10. The summed E-state index contributed by atoms with van der Waals surface area (Å²) in [6.07, 6.45) is 7.21. The summed E-state index contributed by atoms with van der Waals surface area (Å²) in [4.78, 5) is 49.2. The van der Waals surface area contributed by atoms with Crippen LogP contribution in [0.25, 0.3) is 243 Å². The summed E-state index contributed by atoms with van der Waals surface area (Å²) >= 11 is 0. The Morgan fingerprint density at radius 2 is 0.452 bits per heavy atom. The maximum absolute atomic E-state index is 5.25. The molecule has 0 aliphatic heterocycles. The fourth-order valence-electron chi connectivity index (χ4n) is 18.0. The van der Waals surface area contributed by atoms with E-state index in [0.29, 0.717) is 17.5 Å². The number of rotatable bonds is 10. The van der Waals surface area contributed by atoms with Crippen molar-refractivity contribution < 1.29 is 0 Å². The molecule has 8 heterocycles. The molecule has 0 unspecified atom stereocenters. The Hall–Kier alpha value is -17.1. The van der Waals surface area contributed by atoms with E-state index in [2.05, 4.69) is 386 Å². The van der Waals surface area contributed by atoms with Crippen LogP contribution < -0.4 is 0 Å².